The largest absolute Gasteiger partial charge is 0.330 e. The Balaban J connectivity index is 1.40. The number of amides is 2. The summed E-state index contributed by atoms with van der Waals surface area (Å²) in [6.07, 6.45) is 0. The first kappa shape index (κ1) is 22.0. The van der Waals surface area contributed by atoms with E-state index in [-0.39, 0.29) is 11.8 Å². The zero-order valence-electron chi connectivity index (χ0n) is 19.0. The average molecular weight is 470 g/mol. The molecule has 2 heterocycles. The van der Waals surface area contributed by atoms with Crippen molar-refractivity contribution in [3.63, 3.8) is 0 Å². The van der Waals surface area contributed by atoms with Crippen LogP contribution >= 0.6 is 11.6 Å². The predicted molar refractivity (Wildman–Crippen MR) is 136 cm³/mol. The molecule has 1 N–H and O–H groups in total. The minimum Gasteiger partial charge on any atom is -0.330 e. The molecule has 1 aromatic heterocycles. The molecule has 0 fully saturated rings. The van der Waals surface area contributed by atoms with Gasteiger partial charge in [0.25, 0.3) is 11.8 Å². The SMILES string of the molecule is Cc1cccc(C(=O)Nc2ccc(C(=O)N3Cc4ccc(Cl)n4Cc4ccccc43)cc2)c1C. The second kappa shape index (κ2) is 8.84. The monoisotopic (exact) mass is 469 g/mol. The Morgan fingerprint density at radius 2 is 1.62 bits per heavy atom. The van der Waals surface area contributed by atoms with Crippen molar-refractivity contribution in [3.05, 3.63) is 118 Å². The lowest BCUT2D eigenvalue weighted by molar-refractivity contribution is 0.0983. The van der Waals surface area contributed by atoms with Gasteiger partial charge in [-0.25, -0.2) is 0 Å². The Hall–Kier alpha value is -3.83. The Labute approximate surface area is 203 Å². The maximum Gasteiger partial charge on any atom is 0.258 e. The predicted octanol–water partition coefficient (Wildman–Crippen LogP) is 6.22. The van der Waals surface area contributed by atoms with Crippen molar-refractivity contribution in [1.29, 1.82) is 0 Å². The van der Waals surface area contributed by atoms with E-state index >= 15 is 0 Å². The third kappa shape index (κ3) is 3.99. The van der Waals surface area contributed by atoms with E-state index < -0.39 is 0 Å². The van der Waals surface area contributed by atoms with Gasteiger partial charge in [0.15, 0.2) is 0 Å². The Bertz CT molecular complexity index is 1410. The van der Waals surface area contributed by atoms with E-state index in [4.69, 9.17) is 11.6 Å². The molecule has 0 aliphatic carbocycles. The van der Waals surface area contributed by atoms with Crippen LogP contribution in [0.3, 0.4) is 0 Å². The lowest BCUT2D eigenvalue weighted by Crippen LogP contribution is -2.30. The van der Waals surface area contributed by atoms with Gasteiger partial charge in [-0.1, -0.05) is 41.9 Å². The van der Waals surface area contributed by atoms with Crippen molar-refractivity contribution in [2.75, 3.05) is 10.2 Å². The minimum absolute atomic E-state index is 0.106. The molecule has 4 aromatic rings. The molecule has 0 saturated heterocycles. The molecule has 0 saturated carbocycles. The number of hydrogen-bond donors (Lipinski definition) is 1. The van der Waals surface area contributed by atoms with Crippen LogP contribution in [0.15, 0.2) is 78.9 Å². The molecule has 0 spiro atoms. The molecular weight excluding hydrogens is 446 g/mol. The Morgan fingerprint density at radius 1 is 0.853 bits per heavy atom. The van der Waals surface area contributed by atoms with Crippen molar-refractivity contribution in [2.45, 2.75) is 26.9 Å². The maximum atomic E-state index is 13.6. The fourth-order valence-corrected chi connectivity index (χ4v) is 4.58. The van der Waals surface area contributed by atoms with Crippen LogP contribution in [-0.4, -0.2) is 16.4 Å². The summed E-state index contributed by atoms with van der Waals surface area (Å²) < 4.78 is 2.03. The average Bonchev–Trinajstić information content (AvgIpc) is 3.09. The smallest absolute Gasteiger partial charge is 0.258 e. The second-order valence-electron chi connectivity index (χ2n) is 8.53. The van der Waals surface area contributed by atoms with Crippen molar-refractivity contribution >= 4 is 34.8 Å². The summed E-state index contributed by atoms with van der Waals surface area (Å²) >= 11 is 6.39. The molecule has 0 unspecified atom stereocenters. The van der Waals surface area contributed by atoms with Crippen molar-refractivity contribution < 1.29 is 9.59 Å². The summed E-state index contributed by atoms with van der Waals surface area (Å²) in [6, 6.07) is 24.4. The van der Waals surface area contributed by atoms with Gasteiger partial charge in [-0.2, -0.15) is 0 Å². The molecule has 34 heavy (non-hydrogen) atoms. The van der Waals surface area contributed by atoms with Gasteiger partial charge in [-0.3, -0.25) is 9.59 Å². The highest BCUT2D eigenvalue weighted by Crippen LogP contribution is 2.31. The second-order valence-corrected chi connectivity index (χ2v) is 8.92. The van der Waals surface area contributed by atoms with Gasteiger partial charge in [-0.15, -0.1) is 0 Å². The van der Waals surface area contributed by atoms with Crippen molar-refractivity contribution in [1.82, 2.24) is 4.57 Å². The summed E-state index contributed by atoms with van der Waals surface area (Å²) in [5, 5.41) is 3.59. The first-order chi connectivity index (χ1) is 16.4. The number of para-hydroxylation sites is 1. The van der Waals surface area contributed by atoms with Crippen LogP contribution in [0.5, 0.6) is 0 Å². The molecule has 1 aliphatic rings. The molecule has 5 nitrogen and oxygen atoms in total. The standard InChI is InChI=1S/C28H24ClN3O2/c1-18-6-5-8-24(19(18)2)27(33)30-22-12-10-20(11-13-22)28(34)32-17-23-14-15-26(29)31(23)16-21-7-3-4-9-25(21)32/h3-15H,16-17H2,1-2H3,(H,30,33). The third-order valence-corrected chi connectivity index (χ3v) is 6.76. The maximum absolute atomic E-state index is 13.6. The van der Waals surface area contributed by atoms with Crippen LogP contribution < -0.4 is 10.2 Å². The van der Waals surface area contributed by atoms with Gasteiger partial charge >= 0.3 is 0 Å². The van der Waals surface area contributed by atoms with E-state index in [2.05, 4.69) is 5.32 Å². The zero-order chi connectivity index (χ0) is 23.8. The molecule has 6 heteroatoms. The van der Waals surface area contributed by atoms with Gasteiger partial charge in [0.2, 0.25) is 0 Å². The number of aromatic nitrogens is 1. The highest BCUT2D eigenvalue weighted by Gasteiger charge is 2.25. The van der Waals surface area contributed by atoms with Crippen LogP contribution in [-0.2, 0) is 13.1 Å². The van der Waals surface area contributed by atoms with Crippen LogP contribution in [0.1, 0.15) is 43.1 Å². The van der Waals surface area contributed by atoms with Crippen LogP contribution in [0.4, 0.5) is 11.4 Å². The fraction of sp³-hybridized carbons (Fsp3) is 0.143. The van der Waals surface area contributed by atoms with Crippen molar-refractivity contribution in [2.24, 2.45) is 0 Å². The topological polar surface area (TPSA) is 54.3 Å². The number of aryl methyl sites for hydroxylation is 1. The summed E-state index contributed by atoms with van der Waals surface area (Å²) in [4.78, 5) is 28.1. The molecule has 5 rings (SSSR count). The number of anilines is 2. The quantitative estimate of drug-likeness (QED) is 0.387. The van der Waals surface area contributed by atoms with Gasteiger partial charge in [0, 0.05) is 28.2 Å². The lowest BCUT2D eigenvalue weighted by atomic mass is 10.0. The Morgan fingerprint density at radius 3 is 2.41 bits per heavy atom. The first-order valence-corrected chi connectivity index (χ1v) is 11.5. The molecule has 0 atom stereocenters. The summed E-state index contributed by atoms with van der Waals surface area (Å²) in [6.45, 7) is 4.96. The number of nitrogens with zero attached hydrogens (tertiary/aromatic N) is 2. The van der Waals surface area contributed by atoms with E-state index in [0.717, 1.165) is 28.1 Å². The number of halogens is 1. The van der Waals surface area contributed by atoms with Crippen LogP contribution in [0.25, 0.3) is 0 Å². The van der Waals surface area contributed by atoms with E-state index in [0.29, 0.717) is 35.1 Å². The van der Waals surface area contributed by atoms with Gasteiger partial charge in [0.05, 0.1) is 13.1 Å². The first-order valence-electron chi connectivity index (χ1n) is 11.1. The number of nitrogens with one attached hydrogen (secondary N) is 1. The highest BCUT2D eigenvalue weighted by molar-refractivity contribution is 6.29. The number of rotatable bonds is 3. The van der Waals surface area contributed by atoms with E-state index in [1.807, 2.05) is 73.0 Å². The highest BCUT2D eigenvalue weighted by atomic mass is 35.5. The van der Waals surface area contributed by atoms with Crippen LogP contribution in [0, 0.1) is 13.8 Å². The zero-order valence-corrected chi connectivity index (χ0v) is 19.8. The molecule has 0 bridgehead atoms. The molecule has 170 valence electrons. The van der Waals surface area contributed by atoms with E-state index in [1.54, 1.807) is 29.2 Å². The van der Waals surface area contributed by atoms with Crippen molar-refractivity contribution in [3.8, 4) is 0 Å². The molecule has 0 radical (unpaired) electrons. The number of fused-ring (bicyclic) bond motifs is 2. The minimum atomic E-state index is -0.167. The normalized spacial score (nSPS) is 12.5. The molecular formula is C28H24ClN3O2. The fourth-order valence-electron chi connectivity index (χ4n) is 4.35. The number of carbonyl (C=O) groups excluding carboxylic acids is 2. The summed E-state index contributed by atoms with van der Waals surface area (Å²) in [5.74, 6) is -0.273. The molecule has 1 aliphatic heterocycles. The van der Waals surface area contributed by atoms with E-state index in [9.17, 15) is 9.59 Å². The number of benzene rings is 3. The summed E-state index contributed by atoms with van der Waals surface area (Å²) in [5.41, 5.74) is 6.74. The Kier molecular flexibility index (Phi) is 5.72. The third-order valence-electron chi connectivity index (χ3n) is 6.43. The molecule has 3 aromatic carbocycles. The van der Waals surface area contributed by atoms with Gasteiger partial charge in [-0.05, 0) is 79.1 Å². The lowest BCUT2D eigenvalue weighted by Gasteiger charge is -2.23. The van der Waals surface area contributed by atoms with Gasteiger partial charge in [0.1, 0.15) is 5.15 Å². The number of hydrogen-bond acceptors (Lipinski definition) is 2. The summed E-state index contributed by atoms with van der Waals surface area (Å²) in [7, 11) is 0. The number of carbonyl (C=O) groups is 2. The van der Waals surface area contributed by atoms with Gasteiger partial charge < -0.3 is 14.8 Å². The van der Waals surface area contributed by atoms with E-state index in [1.165, 1.54) is 0 Å². The molecule has 2 amide bonds. The van der Waals surface area contributed by atoms with Crippen LogP contribution in [0.2, 0.25) is 5.15 Å².